The third-order valence-corrected chi connectivity index (χ3v) is 2.50. The third-order valence-electron chi connectivity index (χ3n) is 2.50. The van der Waals surface area contributed by atoms with Gasteiger partial charge in [0, 0.05) is 11.6 Å². The largest absolute Gasteiger partial charge is 0.508 e. The molecule has 94 valence electrons. The molecule has 3 rings (SSSR count). The van der Waals surface area contributed by atoms with Crippen LogP contribution < -0.4 is 5.32 Å². The van der Waals surface area contributed by atoms with Crippen LogP contribution in [0.2, 0.25) is 0 Å². The summed E-state index contributed by atoms with van der Waals surface area (Å²) in [5.74, 6) is -0.433. The zero-order chi connectivity index (χ0) is 13.2. The molecule has 2 aromatic heterocycles. The van der Waals surface area contributed by atoms with Crippen molar-refractivity contribution in [2.75, 3.05) is 5.32 Å². The van der Waals surface area contributed by atoms with E-state index in [1.54, 1.807) is 18.3 Å². The van der Waals surface area contributed by atoms with Gasteiger partial charge < -0.3 is 5.11 Å². The van der Waals surface area contributed by atoms with Gasteiger partial charge in [0.1, 0.15) is 5.75 Å². The van der Waals surface area contributed by atoms with Crippen molar-refractivity contribution in [2.24, 2.45) is 0 Å². The Balaban J connectivity index is 2.06. The number of nitrogens with one attached hydrogen (secondary N) is 2. The summed E-state index contributed by atoms with van der Waals surface area (Å²) in [4.78, 5) is 16.2. The first-order chi connectivity index (χ1) is 9.24. The molecule has 8 nitrogen and oxygen atoms in total. The molecule has 8 heteroatoms. The Morgan fingerprint density at radius 3 is 3.05 bits per heavy atom. The van der Waals surface area contributed by atoms with Crippen LogP contribution in [0.15, 0.2) is 30.5 Å². The SMILES string of the molecule is O=C(Nc1nn[nH]n1)c1cc(O)cc2cccnc12. The Kier molecular flexibility index (Phi) is 2.53. The Labute approximate surface area is 106 Å². The number of phenolic OH excluding ortho intramolecular Hbond substituents is 1. The predicted octanol–water partition coefficient (Wildman–Crippen LogP) is 0.706. The summed E-state index contributed by atoms with van der Waals surface area (Å²) in [6.07, 6.45) is 1.57. The van der Waals surface area contributed by atoms with Gasteiger partial charge in [-0.25, -0.2) is 0 Å². The molecule has 0 aliphatic carbocycles. The Morgan fingerprint density at radius 1 is 1.37 bits per heavy atom. The lowest BCUT2D eigenvalue weighted by atomic mass is 10.1. The van der Waals surface area contributed by atoms with Gasteiger partial charge in [-0.15, -0.1) is 5.10 Å². The van der Waals surface area contributed by atoms with E-state index in [9.17, 15) is 9.90 Å². The van der Waals surface area contributed by atoms with E-state index in [0.717, 1.165) is 0 Å². The fraction of sp³-hybridized carbons (Fsp3) is 0. The first-order valence-corrected chi connectivity index (χ1v) is 5.36. The van der Waals surface area contributed by atoms with Crippen LogP contribution in [0.25, 0.3) is 10.9 Å². The average molecular weight is 256 g/mol. The van der Waals surface area contributed by atoms with Gasteiger partial charge in [0.05, 0.1) is 11.1 Å². The monoisotopic (exact) mass is 256 g/mol. The van der Waals surface area contributed by atoms with Gasteiger partial charge in [0.25, 0.3) is 11.9 Å². The van der Waals surface area contributed by atoms with Gasteiger partial charge in [0.2, 0.25) is 0 Å². The van der Waals surface area contributed by atoms with Crippen LogP contribution >= 0.6 is 0 Å². The summed E-state index contributed by atoms with van der Waals surface area (Å²) in [6, 6.07) is 6.36. The minimum Gasteiger partial charge on any atom is -0.508 e. The van der Waals surface area contributed by atoms with Gasteiger partial charge in [0.15, 0.2) is 0 Å². The molecule has 0 saturated heterocycles. The number of nitrogens with zero attached hydrogens (tertiary/aromatic N) is 4. The van der Waals surface area contributed by atoms with Crippen LogP contribution in [0.1, 0.15) is 10.4 Å². The van der Waals surface area contributed by atoms with Crippen molar-refractivity contribution in [1.82, 2.24) is 25.6 Å². The summed E-state index contributed by atoms with van der Waals surface area (Å²) in [5, 5.41) is 25.5. The summed E-state index contributed by atoms with van der Waals surface area (Å²) in [6.45, 7) is 0. The molecule has 1 aromatic carbocycles. The average Bonchev–Trinajstić information content (AvgIpc) is 2.90. The number of anilines is 1. The zero-order valence-corrected chi connectivity index (χ0v) is 9.53. The minimum absolute atomic E-state index is 0.0150. The first kappa shape index (κ1) is 11.1. The fourth-order valence-corrected chi connectivity index (χ4v) is 1.73. The molecule has 0 unspecified atom stereocenters. The minimum atomic E-state index is -0.471. The number of hydrogen-bond acceptors (Lipinski definition) is 6. The number of carbonyl (C=O) groups is 1. The van der Waals surface area contributed by atoms with E-state index in [1.807, 2.05) is 0 Å². The van der Waals surface area contributed by atoms with E-state index in [-0.39, 0.29) is 17.3 Å². The molecule has 0 aliphatic heterocycles. The van der Waals surface area contributed by atoms with E-state index in [0.29, 0.717) is 10.9 Å². The highest BCUT2D eigenvalue weighted by Gasteiger charge is 2.14. The zero-order valence-electron chi connectivity index (χ0n) is 9.53. The summed E-state index contributed by atoms with van der Waals surface area (Å²) in [7, 11) is 0. The van der Waals surface area contributed by atoms with Crippen LogP contribution in [-0.2, 0) is 0 Å². The van der Waals surface area contributed by atoms with Crippen molar-refractivity contribution in [3.05, 3.63) is 36.0 Å². The van der Waals surface area contributed by atoms with Crippen LogP contribution in [0.5, 0.6) is 5.75 Å². The standard InChI is InChI=1S/C11H8N6O2/c18-7-4-6-2-1-3-12-9(6)8(5-7)10(19)13-11-14-16-17-15-11/h1-5,18H,(H2,13,14,15,16,17,19). The highest BCUT2D eigenvalue weighted by atomic mass is 16.3. The summed E-state index contributed by atoms with van der Waals surface area (Å²) < 4.78 is 0. The molecule has 0 radical (unpaired) electrons. The normalized spacial score (nSPS) is 10.5. The van der Waals surface area contributed by atoms with Crippen LogP contribution in [0.4, 0.5) is 5.95 Å². The highest BCUT2D eigenvalue weighted by molar-refractivity contribution is 6.11. The topological polar surface area (TPSA) is 117 Å². The molecule has 0 saturated carbocycles. The second-order valence-corrected chi connectivity index (χ2v) is 3.76. The molecule has 2 heterocycles. The van der Waals surface area contributed by atoms with E-state index < -0.39 is 5.91 Å². The molecule has 0 aliphatic rings. The third kappa shape index (κ3) is 2.06. The van der Waals surface area contributed by atoms with Gasteiger partial charge in [-0.2, -0.15) is 5.21 Å². The molecule has 0 fully saturated rings. The van der Waals surface area contributed by atoms with Crippen molar-refractivity contribution in [3.63, 3.8) is 0 Å². The molecule has 3 aromatic rings. The van der Waals surface area contributed by atoms with E-state index >= 15 is 0 Å². The Bertz CT molecular complexity index is 740. The number of H-pyrrole nitrogens is 1. The molecule has 19 heavy (non-hydrogen) atoms. The second kappa shape index (κ2) is 4.33. The predicted molar refractivity (Wildman–Crippen MR) is 65.5 cm³/mol. The number of pyridine rings is 1. The Morgan fingerprint density at radius 2 is 2.26 bits per heavy atom. The summed E-state index contributed by atoms with van der Waals surface area (Å²) >= 11 is 0. The van der Waals surface area contributed by atoms with Crippen molar-refractivity contribution < 1.29 is 9.90 Å². The molecule has 0 atom stereocenters. The number of hydrogen-bond donors (Lipinski definition) is 3. The van der Waals surface area contributed by atoms with Crippen LogP contribution in [0, 0.1) is 0 Å². The number of rotatable bonds is 2. The highest BCUT2D eigenvalue weighted by Crippen LogP contribution is 2.23. The lowest BCUT2D eigenvalue weighted by Crippen LogP contribution is -2.14. The van der Waals surface area contributed by atoms with Crippen molar-refractivity contribution >= 4 is 22.8 Å². The van der Waals surface area contributed by atoms with Crippen LogP contribution in [0.3, 0.4) is 0 Å². The van der Waals surface area contributed by atoms with E-state index in [1.165, 1.54) is 12.1 Å². The van der Waals surface area contributed by atoms with Gasteiger partial charge in [-0.05, 0) is 23.4 Å². The number of benzene rings is 1. The van der Waals surface area contributed by atoms with E-state index in [2.05, 4.69) is 30.9 Å². The molecule has 1 amide bonds. The van der Waals surface area contributed by atoms with E-state index in [4.69, 9.17) is 0 Å². The van der Waals surface area contributed by atoms with Gasteiger partial charge in [-0.3, -0.25) is 15.1 Å². The number of aromatic amines is 1. The maximum absolute atomic E-state index is 12.1. The maximum Gasteiger partial charge on any atom is 0.270 e. The number of carbonyl (C=O) groups excluding carboxylic acids is 1. The molecule has 0 spiro atoms. The van der Waals surface area contributed by atoms with Gasteiger partial charge >= 0.3 is 0 Å². The van der Waals surface area contributed by atoms with Crippen molar-refractivity contribution in [3.8, 4) is 5.75 Å². The number of fused-ring (bicyclic) bond motifs is 1. The van der Waals surface area contributed by atoms with Gasteiger partial charge in [-0.1, -0.05) is 11.2 Å². The second-order valence-electron chi connectivity index (χ2n) is 3.76. The number of tetrazole rings is 1. The van der Waals surface area contributed by atoms with Crippen molar-refractivity contribution in [2.45, 2.75) is 0 Å². The van der Waals surface area contributed by atoms with Crippen LogP contribution in [-0.4, -0.2) is 36.6 Å². The lowest BCUT2D eigenvalue weighted by Gasteiger charge is -2.05. The van der Waals surface area contributed by atoms with Crippen molar-refractivity contribution in [1.29, 1.82) is 0 Å². The first-order valence-electron chi connectivity index (χ1n) is 5.36. The number of amides is 1. The molecular formula is C11H8N6O2. The Hall–Kier alpha value is -3.03. The smallest absolute Gasteiger partial charge is 0.270 e. The molecule has 0 bridgehead atoms. The summed E-state index contributed by atoms with van der Waals surface area (Å²) in [5.41, 5.74) is 0.724. The molecular weight excluding hydrogens is 248 g/mol. The maximum atomic E-state index is 12.1. The fourth-order valence-electron chi connectivity index (χ4n) is 1.73. The number of phenols is 1. The number of aromatic hydroxyl groups is 1. The number of aromatic nitrogens is 5. The molecule has 3 N–H and O–H groups in total. The quantitative estimate of drug-likeness (QED) is 0.621. The lowest BCUT2D eigenvalue weighted by molar-refractivity contribution is 0.102.